The maximum absolute atomic E-state index is 12.5. The van der Waals surface area contributed by atoms with Crippen LogP contribution in [0.1, 0.15) is 11.6 Å². The topological polar surface area (TPSA) is 60.8 Å². The first-order valence-corrected chi connectivity index (χ1v) is 5.54. The summed E-state index contributed by atoms with van der Waals surface area (Å²) in [4.78, 5) is 11.9. The lowest BCUT2D eigenvalue weighted by Gasteiger charge is -2.29. The van der Waals surface area contributed by atoms with Crippen LogP contribution in [-0.4, -0.2) is 47.0 Å². The van der Waals surface area contributed by atoms with Crippen LogP contribution in [-0.2, 0) is 4.79 Å². The predicted octanol–water partition coefficient (Wildman–Crippen LogP) is 1.67. The number of carboxylic acid groups (broad SMARTS) is 1. The van der Waals surface area contributed by atoms with Crippen LogP contribution >= 0.6 is 0 Å². The SMILES string of the molecule is O=C(O)C(c1ccccc1)N(CCO)CC(F)(F)F. The van der Waals surface area contributed by atoms with Crippen LogP contribution in [0.25, 0.3) is 0 Å². The summed E-state index contributed by atoms with van der Waals surface area (Å²) in [7, 11) is 0. The fourth-order valence-electron chi connectivity index (χ4n) is 1.80. The molecule has 0 amide bonds. The van der Waals surface area contributed by atoms with Crippen molar-refractivity contribution in [1.82, 2.24) is 4.90 Å². The van der Waals surface area contributed by atoms with Crippen molar-refractivity contribution in [3.63, 3.8) is 0 Å². The van der Waals surface area contributed by atoms with Crippen LogP contribution in [0.2, 0.25) is 0 Å². The number of carboxylic acids is 1. The van der Waals surface area contributed by atoms with Crippen molar-refractivity contribution >= 4 is 5.97 Å². The number of halogens is 3. The maximum atomic E-state index is 12.5. The molecule has 19 heavy (non-hydrogen) atoms. The molecule has 0 aliphatic carbocycles. The molecule has 0 aliphatic heterocycles. The van der Waals surface area contributed by atoms with Crippen molar-refractivity contribution in [2.45, 2.75) is 12.2 Å². The summed E-state index contributed by atoms with van der Waals surface area (Å²) in [6.45, 7) is -2.31. The Hall–Kier alpha value is -1.60. The van der Waals surface area contributed by atoms with Gasteiger partial charge in [-0.3, -0.25) is 9.69 Å². The number of aliphatic hydroxyl groups excluding tert-OH is 1. The van der Waals surface area contributed by atoms with Crippen LogP contribution in [0, 0.1) is 0 Å². The first-order chi connectivity index (χ1) is 8.85. The highest BCUT2D eigenvalue weighted by atomic mass is 19.4. The van der Waals surface area contributed by atoms with Crippen LogP contribution in [0.5, 0.6) is 0 Å². The standard InChI is InChI=1S/C12H14F3NO3/c13-12(14,15)8-16(6-7-17)10(11(18)19)9-4-2-1-3-5-9/h1-5,10,17H,6-8H2,(H,18,19). The number of alkyl halides is 3. The molecule has 1 atom stereocenters. The molecule has 0 aromatic heterocycles. The molecule has 106 valence electrons. The van der Waals surface area contributed by atoms with Gasteiger partial charge in [-0.1, -0.05) is 30.3 Å². The zero-order chi connectivity index (χ0) is 14.5. The normalized spacial score (nSPS) is 13.5. The second kappa shape index (κ2) is 6.53. The van der Waals surface area contributed by atoms with Gasteiger partial charge in [0.05, 0.1) is 13.2 Å². The first kappa shape index (κ1) is 15.5. The molecule has 4 nitrogen and oxygen atoms in total. The van der Waals surface area contributed by atoms with Gasteiger partial charge < -0.3 is 10.2 Å². The molecule has 0 radical (unpaired) electrons. The minimum atomic E-state index is -4.53. The molecule has 1 unspecified atom stereocenters. The zero-order valence-electron chi connectivity index (χ0n) is 9.97. The third-order valence-electron chi connectivity index (χ3n) is 2.48. The van der Waals surface area contributed by atoms with Crippen LogP contribution in [0.4, 0.5) is 13.2 Å². The molecule has 1 aromatic carbocycles. The number of aliphatic hydroxyl groups is 1. The first-order valence-electron chi connectivity index (χ1n) is 5.54. The summed E-state index contributed by atoms with van der Waals surface area (Å²) in [6, 6.07) is 6.20. The molecular weight excluding hydrogens is 263 g/mol. The molecule has 7 heteroatoms. The summed E-state index contributed by atoms with van der Waals surface area (Å²) in [5.74, 6) is -1.39. The molecule has 1 aromatic rings. The molecule has 0 fully saturated rings. The van der Waals surface area contributed by atoms with E-state index in [9.17, 15) is 18.0 Å². The number of hydrogen-bond donors (Lipinski definition) is 2. The second-order valence-electron chi connectivity index (χ2n) is 3.96. The number of nitrogens with zero attached hydrogens (tertiary/aromatic N) is 1. The third kappa shape index (κ3) is 4.88. The van der Waals surface area contributed by atoms with E-state index in [4.69, 9.17) is 10.2 Å². The average molecular weight is 277 g/mol. The Labute approximate surface area is 108 Å². The van der Waals surface area contributed by atoms with E-state index in [1.165, 1.54) is 12.1 Å². The summed E-state index contributed by atoms with van der Waals surface area (Å²) >= 11 is 0. The van der Waals surface area contributed by atoms with Gasteiger partial charge in [0.15, 0.2) is 0 Å². The molecule has 0 aliphatic rings. The Balaban J connectivity index is 3.03. The highest BCUT2D eigenvalue weighted by Crippen LogP contribution is 2.25. The summed E-state index contributed by atoms with van der Waals surface area (Å²) < 4.78 is 37.4. The lowest BCUT2D eigenvalue weighted by atomic mass is 10.1. The predicted molar refractivity (Wildman–Crippen MR) is 61.5 cm³/mol. The quantitative estimate of drug-likeness (QED) is 0.830. The van der Waals surface area contributed by atoms with Gasteiger partial charge in [0.1, 0.15) is 6.04 Å². The van der Waals surface area contributed by atoms with Crippen molar-refractivity contribution in [3.05, 3.63) is 35.9 Å². The Bertz CT molecular complexity index is 408. The van der Waals surface area contributed by atoms with Gasteiger partial charge in [-0.05, 0) is 5.56 Å². The van der Waals surface area contributed by atoms with E-state index in [2.05, 4.69) is 0 Å². The molecule has 0 saturated carbocycles. The lowest BCUT2D eigenvalue weighted by molar-refractivity contribution is -0.163. The molecular formula is C12H14F3NO3. The van der Waals surface area contributed by atoms with E-state index < -0.39 is 31.3 Å². The minimum absolute atomic E-state index is 0.243. The largest absolute Gasteiger partial charge is 0.480 e. The van der Waals surface area contributed by atoms with Gasteiger partial charge in [-0.15, -0.1) is 0 Å². The molecule has 2 N–H and O–H groups in total. The molecule has 1 rings (SSSR count). The zero-order valence-corrected chi connectivity index (χ0v) is 9.97. The van der Waals surface area contributed by atoms with Crippen LogP contribution in [0.3, 0.4) is 0 Å². The fourth-order valence-corrected chi connectivity index (χ4v) is 1.80. The van der Waals surface area contributed by atoms with E-state index in [-0.39, 0.29) is 12.1 Å². The van der Waals surface area contributed by atoms with Gasteiger partial charge >= 0.3 is 12.1 Å². The van der Waals surface area contributed by atoms with E-state index in [1.54, 1.807) is 18.2 Å². The Morgan fingerprint density at radius 1 is 1.26 bits per heavy atom. The molecule has 0 bridgehead atoms. The van der Waals surface area contributed by atoms with Crippen molar-refractivity contribution in [1.29, 1.82) is 0 Å². The number of benzene rings is 1. The Morgan fingerprint density at radius 3 is 2.26 bits per heavy atom. The number of hydrogen-bond acceptors (Lipinski definition) is 3. The number of aliphatic carboxylic acids is 1. The third-order valence-corrected chi connectivity index (χ3v) is 2.48. The average Bonchev–Trinajstić information content (AvgIpc) is 2.28. The highest BCUT2D eigenvalue weighted by molar-refractivity contribution is 5.75. The second-order valence-corrected chi connectivity index (χ2v) is 3.96. The van der Waals surface area contributed by atoms with Gasteiger partial charge in [-0.2, -0.15) is 13.2 Å². The maximum Gasteiger partial charge on any atom is 0.401 e. The van der Waals surface area contributed by atoms with Crippen LogP contribution < -0.4 is 0 Å². The molecule has 0 heterocycles. The summed E-state index contributed by atoms with van der Waals surface area (Å²) in [6.07, 6.45) is -4.53. The van der Waals surface area contributed by atoms with E-state index in [1.807, 2.05) is 0 Å². The number of rotatable bonds is 6. The minimum Gasteiger partial charge on any atom is -0.480 e. The van der Waals surface area contributed by atoms with Gasteiger partial charge in [0.25, 0.3) is 0 Å². The molecule has 0 spiro atoms. The van der Waals surface area contributed by atoms with E-state index >= 15 is 0 Å². The number of carbonyl (C=O) groups is 1. The van der Waals surface area contributed by atoms with Crippen LogP contribution in [0.15, 0.2) is 30.3 Å². The Morgan fingerprint density at radius 2 is 1.84 bits per heavy atom. The van der Waals surface area contributed by atoms with Crippen molar-refractivity contribution < 1.29 is 28.2 Å². The van der Waals surface area contributed by atoms with E-state index in [0.29, 0.717) is 4.90 Å². The van der Waals surface area contributed by atoms with Crippen molar-refractivity contribution in [3.8, 4) is 0 Å². The highest BCUT2D eigenvalue weighted by Gasteiger charge is 2.36. The monoisotopic (exact) mass is 277 g/mol. The van der Waals surface area contributed by atoms with Gasteiger partial charge in [-0.25, -0.2) is 0 Å². The van der Waals surface area contributed by atoms with E-state index in [0.717, 1.165) is 0 Å². The lowest BCUT2D eigenvalue weighted by Crippen LogP contribution is -2.42. The molecule has 0 saturated heterocycles. The summed E-state index contributed by atoms with van der Waals surface area (Å²) in [5, 5.41) is 17.9. The van der Waals surface area contributed by atoms with Crippen molar-refractivity contribution in [2.75, 3.05) is 19.7 Å². The fraction of sp³-hybridized carbons (Fsp3) is 0.417. The smallest absolute Gasteiger partial charge is 0.401 e. The van der Waals surface area contributed by atoms with Crippen molar-refractivity contribution in [2.24, 2.45) is 0 Å². The Kier molecular flexibility index (Phi) is 5.31. The van der Waals surface area contributed by atoms with Gasteiger partial charge in [0, 0.05) is 6.54 Å². The summed E-state index contributed by atoms with van der Waals surface area (Å²) in [5.41, 5.74) is 0.243. The van der Waals surface area contributed by atoms with Gasteiger partial charge in [0.2, 0.25) is 0 Å².